The predicted molar refractivity (Wildman–Crippen MR) is 70.9 cm³/mol. The quantitative estimate of drug-likeness (QED) is 0.470. The van der Waals surface area contributed by atoms with E-state index in [0.29, 0.717) is 12.2 Å². The number of rotatable bonds is 5. The highest BCUT2D eigenvalue weighted by molar-refractivity contribution is 5.57. The molecule has 0 aliphatic rings. The molecule has 0 spiro atoms. The number of hydrogen-bond acceptors (Lipinski definition) is 4. The second-order valence-electron chi connectivity index (χ2n) is 3.70. The highest BCUT2D eigenvalue weighted by Gasteiger charge is 2.19. The first-order valence-corrected chi connectivity index (χ1v) is 5.80. The number of para-hydroxylation sites is 1. The van der Waals surface area contributed by atoms with E-state index in [9.17, 15) is 10.1 Å². The lowest BCUT2D eigenvalue weighted by Gasteiger charge is -1.93. The summed E-state index contributed by atoms with van der Waals surface area (Å²) >= 11 is 0. The summed E-state index contributed by atoms with van der Waals surface area (Å²) < 4.78 is 6.52. The third kappa shape index (κ3) is 2.98. The zero-order valence-electron chi connectivity index (χ0n) is 10.4. The van der Waals surface area contributed by atoms with Gasteiger partial charge in [-0.25, -0.2) is 0 Å². The van der Waals surface area contributed by atoms with Crippen LogP contribution in [0.15, 0.2) is 42.8 Å². The minimum absolute atomic E-state index is 0.195. The van der Waals surface area contributed by atoms with Gasteiger partial charge in [0.2, 0.25) is 0 Å². The van der Waals surface area contributed by atoms with Crippen molar-refractivity contribution in [2.24, 2.45) is 0 Å². The maximum atomic E-state index is 11.0. The molecule has 0 unspecified atom stereocenters. The van der Waals surface area contributed by atoms with Crippen LogP contribution in [0.2, 0.25) is 0 Å². The summed E-state index contributed by atoms with van der Waals surface area (Å²) in [5, 5.41) is 14.9. The maximum absolute atomic E-state index is 11.0. The summed E-state index contributed by atoms with van der Waals surface area (Å²) in [5.41, 5.74) is 1.17. The van der Waals surface area contributed by atoms with Gasteiger partial charge in [0, 0.05) is 0 Å². The van der Waals surface area contributed by atoms with Crippen molar-refractivity contribution in [2.75, 3.05) is 6.61 Å². The van der Waals surface area contributed by atoms with Crippen molar-refractivity contribution in [2.45, 2.75) is 6.92 Å². The number of aromatic nitrogens is 2. The van der Waals surface area contributed by atoms with Crippen LogP contribution in [0.25, 0.3) is 11.8 Å². The van der Waals surface area contributed by atoms with E-state index in [1.807, 2.05) is 37.3 Å². The van der Waals surface area contributed by atoms with Crippen molar-refractivity contribution in [1.82, 2.24) is 9.78 Å². The summed E-state index contributed by atoms with van der Waals surface area (Å²) in [6.45, 7) is 2.35. The van der Waals surface area contributed by atoms with Crippen molar-refractivity contribution < 1.29 is 9.66 Å². The molecule has 0 saturated heterocycles. The molecule has 1 heterocycles. The monoisotopic (exact) mass is 259 g/mol. The van der Waals surface area contributed by atoms with E-state index in [1.54, 1.807) is 6.20 Å². The number of nitro groups is 1. The Bertz CT molecular complexity index is 590. The molecule has 0 N–H and O–H groups in total. The zero-order valence-corrected chi connectivity index (χ0v) is 10.4. The van der Waals surface area contributed by atoms with Crippen LogP contribution in [-0.4, -0.2) is 21.3 Å². The molecule has 0 amide bonds. The Hall–Kier alpha value is -2.63. The zero-order chi connectivity index (χ0) is 13.7. The molecule has 0 saturated carbocycles. The molecule has 1 aromatic heterocycles. The minimum Gasteiger partial charge on any atom is -0.501 e. The van der Waals surface area contributed by atoms with Gasteiger partial charge in [-0.1, -0.05) is 18.2 Å². The van der Waals surface area contributed by atoms with E-state index in [2.05, 4.69) is 5.10 Å². The first-order valence-electron chi connectivity index (χ1n) is 5.80. The van der Waals surface area contributed by atoms with Crippen LogP contribution in [0.1, 0.15) is 12.5 Å². The van der Waals surface area contributed by atoms with E-state index >= 15 is 0 Å². The minimum atomic E-state index is -0.509. The van der Waals surface area contributed by atoms with Gasteiger partial charge in [-0.2, -0.15) is 0 Å². The summed E-state index contributed by atoms with van der Waals surface area (Å²) in [4.78, 5) is 10.4. The molecule has 98 valence electrons. The van der Waals surface area contributed by atoms with Crippen LogP contribution in [0, 0.1) is 10.1 Å². The Morgan fingerprint density at radius 2 is 2.16 bits per heavy atom. The first-order chi connectivity index (χ1) is 9.22. The fourth-order valence-electron chi connectivity index (χ4n) is 1.57. The Kier molecular flexibility index (Phi) is 3.92. The summed E-state index contributed by atoms with van der Waals surface area (Å²) in [6.07, 6.45) is 4.57. The number of benzene rings is 1. The molecule has 2 rings (SSSR count). The van der Waals surface area contributed by atoms with Crippen molar-refractivity contribution in [3.05, 3.63) is 58.5 Å². The molecule has 0 radical (unpaired) electrons. The van der Waals surface area contributed by atoms with Gasteiger partial charge in [-0.05, 0) is 30.1 Å². The van der Waals surface area contributed by atoms with Gasteiger partial charge >= 0.3 is 5.82 Å². The summed E-state index contributed by atoms with van der Waals surface area (Å²) in [6, 6.07) is 9.22. The Morgan fingerprint density at radius 1 is 1.42 bits per heavy atom. The lowest BCUT2D eigenvalue weighted by Crippen LogP contribution is -1.96. The molecule has 0 atom stereocenters. The highest BCUT2D eigenvalue weighted by Crippen LogP contribution is 2.20. The van der Waals surface area contributed by atoms with E-state index in [0.717, 1.165) is 5.69 Å². The van der Waals surface area contributed by atoms with Gasteiger partial charge in [0.15, 0.2) is 0 Å². The van der Waals surface area contributed by atoms with Gasteiger partial charge in [0.1, 0.15) is 0 Å². The summed E-state index contributed by atoms with van der Waals surface area (Å²) in [7, 11) is 0. The fraction of sp³-hybridized carbons (Fsp3) is 0.154. The van der Waals surface area contributed by atoms with Gasteiger partial charge < -0.3 is 14.9 Å². The van der Waals surface area contributed by atoms with E-state index < -0.39 is 4.92 Å². The van der Waals surface area contributed by atoms with Crippen LogP contribution in [-0.2, 0) is 4.74 Å². The van der Waals surface area contributed by atoms with E-state index in [4.69, 9.17) is 4.74 Å². The van der Waals surface area contributed by atoms with Crippen LogP contribution >= 0.6 is 0 Å². The molecular weight excluding hydrogens is 246 g/mol. The largest absolute Gasteiger partial charge is 0.501 e. The average molecular weight is 259 g/mol. The smallest absolute Gasteiger partial charge is 0.397 e. The molecule has 0 aliphatic carbocycles. The number of ether oxygens (including phenoxy) is 1. The van der Waals surface area contributed by atoms with Gasteiger partial charge in [0.05, 0.1) is 35.4 Å². The highest BCUT2D eigenvalue weighted by atomic mass is 16.6. The Morgan fingerprint density at radius 3 is 2.79 bits per heavy atom. The van der Waals surface area contributed by atoms with Gasteiger partial charge in [-0.15, -0.1) is 4.68 Å². The molecule has 6 nitrogen and oxygen atoms in total. The summed E-state index contributed by atoms with van der Waals surface area (Å²) in [5.74, 6) is -0.195. The standard InChI is InChI=1S/C13H13N3O3/c1-2-19-9-8-11-10-15(14-13(11)16(17)18)12-6-4-3-5-7-12/h3-10H,2H2,1H3/b9-8+. The van der Waals surface area contributed by atoms with Crippen molar-refractivity contribution in [1.29, 1.82) is 0 Å². The molecular formula is C13H13N3O3. The molecule has 2 aromatic rings. The average Bonchev–Trinajstić information content (AvgIpc) is 2.84. The van der Waals surface area contributed by atoms with Crippen molar-refractivity contribution in [3.63, 3.8) is 0 Å². The number of hydrogen-bond donors (Lipinski definition) is 0. The Balaban J connectivity index is 2.38. The third-order valence-electron chi connectivity index (χ3n) is 2.43. The van der Waals surface area contributed by atoms with Crippen molar-refractivity contribution >= 4 is 11.9 Å². The predicted octanol–water partition coefficient (Wildman–Crippen LogP) is 2.79. The SMILES string of the molecule is CCO/C=C/c1cn(-c2ccccc2)nc1[N+](=O)[O-]. The normalized spacial score (nSPS) is 10.8. The van der Waals surface area contributed by atoms with Crippen LogP contribution in [0.5, 0.6) is 0 Å². The fourth-order valence-corrected chi connectivity index (χ4v) is 1.57. The third-order valence-corrected chi connectivity index (χ3v) is 2.43. The van der Waals surface area contributed by atoms with Gasteiger partial charge in [-0.3, -0.25) is 0 Å². The molecule has 0 bridgehead atoms. The molecule has 6 heteroatoms. The van der Waals surface area contributed by atoms with E-state index in [-0.39, 0.29) is 5.82 Å². The molecule has 1 aromatic carbocycles. The lowest BCUT2D eigenvalue weighted by atomic mass is 10.3. The van der Waals surface area contributed by atoms with Gasteiger partial charge in [0.25, 0.3) is 0 Å². The Labute approximate surface area is 110 Å². The molecule has 19 heavy (non-hydrogen) atoms. The van der Waals surface area contributed by atoms with Crippen LogP contribution < -0.4 is 0 Å². The second-order valence-corrected chi connectivity index (χ2v) is 3.70. The molecule has 0 fully saturated rings. The van der Waals surface area contributed by atoms with E-state index in [1.165, 1.54) is 17.0 Å². The molecule has 0 aliphatic heterocycles. The second kappa shape index (κ2) is 5.81. The topological polar surface area (TPSA) is 70.2 Å². The number of nitrogens with zero attached hydrogens (tertiary/aromatic N) is 3. The first kappa shape index (κ1) is 12.8. The van der Waals surface area contributed by atoms with Crippen molar-refractivity contribution in [3.8, 4) is 5.69 Å². The maximum Gasteiger partial charge on any atom is 0.397 e. The van der Waals surface area contributed by atoms with Crippen LogP contribution in [0.4, 0.5) is 5.82 Å². The lowest BCUT2D eigenvalue weighted by molar-refractivity contribution is -0.389. The van der Waals surface area contributed by atoms with Crippen LogP contribution in [0.3, 0.4) is 0 Å².